The molecule has 0 saturated carbocycles. The van der Waals surface area contributed by atoms with Crippen molar-refractivity contribution in [3.05, 3.63) is 59.9 Å². The molecule has 1 heterocycles. The number of nitrogens with one attached hydrogen (secondary N) is 2. The van der Waals surface area contributed by atoms with Crippen molar-refractivity contribution < 1.29 is 13.9 Å². The molecule has 0 aliphatic carbocycles. The van der Waals surface area contributed by atoms with Crippen LogP contribution in [0.15, 0.2) is 48.5 Å². The fraction of sp³-hybridized carbons (Fsp3) is 0.409. The van der Waals surface area contributed by atoms with Gasteiger partial charge in [0.2, 0.25) is 0 Å². The van der Waals surface area contributed by atoms with Crippen LogP contribution in [0.5, 0.6) is 11.5 Å². The third-order valence-corrected chi connectivity index (χ3v) is 4.69. The highest BCUT2D eigenvalue weighted by molar-refractivity contribution is 5.94. The third-order valence-electron chi connectivity index (χ3n) is 4.69. The molecule has 0 radical (unpaired) electrons. The lowest BCUT2D eigenvalue weighted by Gasteiger charge is -2.46. The number of rotatable bonds is 4. The van der Waals surface area contributed by atoms with Crippen LogP contribution in [-0.2, 0) is 0 Å². The molecule has 3 rings (SSSR count). The van der Waals surface area contributed by atoms with Gasteiger partial charge in [-0.05, 0) is 64.8 Å². The van der Waals surface area contributed by atoms with Gasteiger partial charge in [0.25, 0.3) is 5.91 Å². The number of benzene rings is 2. The first-order valence-corrected chi connectivity index (χ1v) is 9.26. The lowest BCUT2D eigenvalue weighted by atomic mass is 9.79. The predicted molar refractivity (Wildman–Crippen MR) is 105 cm³/mol. The number of hydrogen-bond donors (Lipinski definition) is 2. The van der Waals surface area contributed by atoms with Crippen LogP contribution in [0.3, 0.4) is 0 Å². The van der Waals surface area contributed by atoms with Gasteiger partial charge in [-0.3, -0.25) is 4.79 Å². The zero-order valence-corrected chi connectivity index (χ0v) is 16.3. The van der Waals surface area contributed by atoms with Crippen LogP contribution in [0.4, 0.5) is 4.39 Å². The summed E-state index contributed by atoms with van der Waals surface area (Å²) >= 11 is 0. The summed E-state index contributed by atoms with van der Waals surface area (Å²) in [5.41, 5.74) is -0.151. The quantitative estimate of drug-likeness (QED) is 0.823. The van der Waals surface area contributed by atoms with E-state index in [4.69, 9.17) is 4.74 Å². The van der Waals surface area contributed by atoms with Crippen LogP contribution in [0, 0.1) is 5.82 Å². The second kappa shape index (κ2) is 7.31. The van der Waals surface area contributed by atoms with Crippen LogP contribution in [0.1, 0.15) is 50.9 Å². The number of para-hydroxylation sites is 1. The van der Waals surface area contributed by atoms with E-state index in [1.807, 2.05) is 18.2 Å². The summed E-state index contributed by atoms with van der Waals surface area (Å²) in [6, 6.07) is 13.5. The van der Waals surface area contributed by atoms with E-state index in [-0.39, 0.29) is 22.7 Å². The molecule has 144 valence electrons. The molecule has 2 N–H and O–H groups in total. The van der Waals surface area contributed by atoms with E-state index < -0.39 is 11.7 Å². The second-order valence-corrected chi connectivity index (χ2v) is 8.53. The Morgan fingerprint density at radius 3 is 2.26 bits per heavy atom. The molecule has 1 amide bonds. The van der Waals surface area contributed by atoms with Crippen LogP contribution in [-0.4, -0.2) is 23.0 Å². The molecule has 0 bridgehead atoms. The molecule has 5 heteroatoms. The number of carbonyl (C=O) groups excluding carboxylic acids is 1. The average Bonchev–Trinajstić information content (AvgIpc) is 2.52. The normalized spacial score (nSPS) is 18.7. The van der Waals surface area contributed by atoms with Gasteiger partial charge in [0.1, 0.15) is 17.3 Å². The SMILES string of the molecule is CC1(C)CC(NC(=O)c2ccc(Oc3ccccc3)cc2F)CC(C)(C)N1. The average molecular weight is 370 g/mol. The maximum Gasteiger partial charge on any atom is 0.254 e. The molecular formula is C22H27FN2O2. The summed E-state index contributed by atoms with van der Waals surface area (Å²) in [6.07, 6.45) is 1.58. The molecule has 1 saturated heterocycles. The summed E-state index contributed by atoms with van der Waals surface area (Å²) in [7, 11) is 0. The Morgan fingerprint density at radius 2 is 1.67 bits per heavy atom. The number of amides is 1. The fourth-order valence-electron chi connectivity index (χ4n) is 4.06. The Hall–Kier alpha value is -2.40. The number of hydrogen-bond acceptors (Lipinski definition) is 3. The standard InChI is InChI=1S/C22H27FN2O2/c1-21(2)13-15(14-22(3,4)25-21)24-20(26)18-11-10-17(12-19(18)23)27-16-8-6-5-7-9-16/h5-12,15,25H,13-14H2,1-4H3,(H,24,26). The highest BCUT2D eigenvalue weighted by Crippen LogP contribution is 2.29. The maximum absolute atomic E-state index is 14.5. The first-order chi connectivity index (χ1) is 12.6. The van der Waals surface area contributed by atoms with Gasteiger partial charge < -0.3 is 15.4 Å². The molecule has 2 aromatic carbocycles. The Kier molecular flexibility index (Phi) is 5.24. The molecule has 0 spiro atoms. The van der Waals surface area contributed by atoms with Crippen molar-refractivity contribution in [1.82, 2.24) is 10.6 Å². The van der Waals surface area contributed by atoms with Gasteiger partial charge in [0, 0.05) is 23.2 Å². The van der Waals surface area contributed by atoms with Crippen molar-refractivity contribution in [1.29, 1.82) is 0 Å². The monoisotopic (exact) mass is 370 g/mol. The highest BCUT2D eigenvalue weighted by atomic mass is 19.1. The molecule has 2 aromatic rings. The van der Waals surface area contributed by atoms with E-state index in [9.17, 15) is 9.18 Å². The number of carbonyl (C=O) groups is 1. The van der Waals surface area contributed by atoms with Gasteiger partial charge >= 0.3 is 0 Å². The second-order valence-electron chi connectivity index (χ2n) is 8.53. The molecule has 0 unspecified atom stereocenters. The third kappa shape index (κ3) is 5.07. The fourth-order valence-corrected chi connectivity index (χ4v) is 4.06. The van der Waals surface area contributed by atoms with Crippen LogP contribution in [0.25, 0.3) is 0 Å². The summed E-state index contributed by atoms with van der Waals surface area (Å²) in [4.78, 5) is 12.6. The minimum absolute atomic E-state index is 0.0107. The minimum Gasteiger partial charge on any atom is -0.457 e. The molecule has 1 aliphatic rings. The highest BCUT2D eigenvalue weighted by Gasteiger charge is 2.38. The Labute approximate surface area is 160 Å². The van der Waals surface area contributed by atoms with E-state index >= 15 is 0 Å². The molecule has 27 heavy (non-hydrogen) atoms. The van der Waals surface area contributed by atoms with Crippen molar-refractivity contribution in [3.8, 4) is 11.5 Å². The van der Waals surface area contributed by atoms with E-state index in [1.165, 1.54) is 12.1 Å². The van der Waals surface area contributed by atoms with Gasteiger partial charge in [0.05, 0.1) is 5.56 Å². The van der Waals surface area contributed by atoms with E-state index in [1.54, 1.807) is 18.2 Å². The van der Waals surface area contributed by atoms with E-state index in [0.717, 1.165) is 12.8 Å². The summed E-state index contributed by atoms with van der Waals surface area (Å²) in [6.45, 7) is 8.46. The Balaban J connectivity index is 1.70. The number of ether oxygens (including phenoxy) is 1. The smallest absolute Gasteiger partial charge is 0.254 e. The van der Waals surface area contributed by atoms with Crippen LogP contribution in [0.2, 0.25) is 0 Å². The first-order valence-electron chi connectivity index (χ1n) is 9.26. The lowest BCUT2D eigenvalue weighted by molar-refractivity contribution is 0.0869. The van der Waals surface area contributed by atoms with Crippen LogP contribution >= 0.6 is 0 Å². The summed E-state index contributed by atoms with van der Waals surface area (Å²) in [5, 5.41) is 6.57. The topological polar surface area (TPSA) is 50.4 Å². The van der Waals surface area contributed by atoms with Crippen molar-refractivity contribution in [3.63, 3.8) is 0 Å². The van der Waals surface area contributed by atoms with Crippen molar-refractivity contribution >= 4 is 5.91 Å². The molecule has 4 nitrogen and oxygen atoms in total. The summed E-state index contributed by atoms with van der Waals surface area (Å²) in [5.74, 6) is -0.00157. The lowest BCUT2D eigenvalue weighted by Crippen LogP contribution is -2.62. The predicted octanol–water partition coefficient (Wildman–Crippen LogP) is 4.66. The first kappa shape index (κ1) is 19.4. The maximum atomic E-state index is 14.5. The number of piperidine rings is 1. The van der Waals surface area contributed by atoms with Crippen molar-refractivity contribution in [2.45, 2.75) is 57.7 Å². The van der Waals surface area contributed by atoms with Gasteiger partial charge in [0.15, 0.2) is 0 Å². The van der Waals surface area contributed by atoms with Gasteiger partial charge in [-0.25, -0.2) is 4.39 Å². The van der Waals surface area contributed by atoms with Crippen molar-refractivity contribution in [2.24, 2.45) is 0 Å². The zero-order chi connectivity index (χ0) is 19.7. The molecule has 0 atom stereocenters. The van der Waals surface area contributed by atoms with E-state index in [2.05, 4.69) is 38.3 Å². The van der Waals surface area contributed by atoms with Crippen LogP contribution < -0.4 is 15.4 Å². The number of halogens is 1. The molecular weight excluding hydrogens is 343 g/mol. The summed E-state index contributed by atoms with van der Waals surface area (Å²) < 4.78 is 20.1. The largest absolute Gasteiger partial charge is 0.457 e. The minimum atomic E-state index is -0.589. The van der Waals surface area contributed by atoms with Crippen molar-refractivity contribution in [2.75, 3.05) is 0 Å². The van der Waals surface area contributed by atoms with Gasteiger partial charge in [-0.2, -0.15) is 0 Å². The van der Waals surface area contributed by atoms with Gasteiger partial charge in [-0.1, -0.05) is 18.2 Å². The Bertz CT molecular complexity index is 802. The zero-order valence-electron chi connectivity index (χ0n) is 16.3. The molecule has 1 aliphatic heterocycles. The van der Waals surface area contributed by atoms with Gasteiger partial charge in [-0.15, -0.1) is 0 Å². The molecule has 0 aromatic heterocycles. The van der Waals surface area contributed by atoms with E-state index in [0.29, 0.717) is 11.5 Å². The Morgan fingerprint density at radius 1 is 1.04 bits per heavy atom. The molecule has 1 fully saturated rings.